The molecule has 1 aromatic heterocycles. The Hall–Kier alpha value is -2.38. The first-order valence-corrected chi connectivity index (χ1v) is 12.6. The molecule has 1 saturated heterocycles. The van der Waals surface area contributed by atoms with Crippen LogP contribution in [0.3, 0.4) is 0 Å². The number of nitrogens with zero attached hydrogens (tertiary/aromatic N) is 2. The topological polar surface area (TPSA) is 37.0 Å². The molecule has 2 aromatic carbocycles. The maximum Gasteiger partial charge on any atom is 0.134 e. The molecule has 33 heavy (non-hydrogen) atoms. The number of benzene rings is 2. The number of rotatable bonds is 11. The fraction of sp³-hybridized carbons (Fsp3) is 0.407. The van der Waals surface area contributed by atoms with E-state index in [2.05, 4.69) is 69.0 Å². The molecule has 1 atom stereocenters. The lowest BCUT2D eigenvalue weighted by atomic mass is 10.1. The molecule has 2 heterocycles. The second-order valence-corrected chi connectivity index (χ2v) is 9.50. The molecule has 0 spiro atoms. The van der Waals surface area contributed by atoms with Gasteiger partial charge in [0.2, 0.25) is 0 Å². The Morgan fingerprint density at radius 3 is 2.30 bits per heavy atom. The van der Waals surface area contributed by atoms with E-state index in [0.717, 1.165) is 63.7 Å². The highest BCUT2D eigenvalue weighted by molar-refractivity contribution is 7.10. The van der Waals surface area contributed by atoms with Gasteiger partial charge in [0.1, 0.15) is 17.6 Å². The molecule has 4 rings (SSSR count). The molecule has 0 radical (unpaired) electrons. The fourth-order valence-electron chi connectivity index (χ4n) is 4.25. The fourth-order valence-corrected chi connectivity index (χ4v) is 5.04. The van der Waals surface area contributed by atoms with E-state index in [1.165, 1.54) is 16.0 Å². The van der Waals surface area contributed by atoms with Crippen LogP contribution in [0.15, 0.2) is 66.0 Å². The molecule has 0 aliphatic carbocycles. The minimum atomic E-state index is 0.0833. The van der Waals surface area contributed by atoms with Crippen LogP contribution in [-0.4, -0.2) is 56.7 Å². The van der Waals surface area contributed by atoms with E-state index in [4.69, 9.17) is 9.47 Å². The van der Waals surface area contributed by atoms with Crippen LogP contribution < -0.4 is 14.8 Å². The van der Waals surface area contributed by atoms with Crippen molar-refractivity contribution in [1.29, 1.82) is 0 Å². The van der Waals surface area contributed by atoms with Crippen LogP contribution in [0.1, 0.15) is 28.5 Å². The van der Waals surface area contributed by atoms with Crippen molar-refractivity contribution in [2.45, 2.75) is 25.6 Å². The molecule has 1 aliphatic heterocycles. The van der Waals surface area contributed by atoms with Crippen LogP contribution >= 0.6 is 11.3 Å². The summed E-state index contributed by atoms with van der Waals surface area (Å²) in [5.41, 5.74) is 2.61. The Bertz CT molecular complexity index is 954. The van der Waals surface area contributed by atoms with Gasteiger partial charge in [-0.1, -0.05) is 36.4 Å². The maximum atomic E-state index is 6.58. The van der Waals surface area contributed by atoms with Crippen LogP contribution in [0.25, 0.3) is 0 Å². The van der Waals surface area contributed by atoms with E-state index < -0.39 is 0 Å². The number of ether oxygens (including phenoxy) is 2. The number of methoxy groups -OCH3 is 1. The van der Waals surface area contributed by atoms with Gasteiger partial charge in [0.15, 0.2) is 0 Å². The first-order valence-electron chi connectivity index (χ1n) is 11.8. The SMILES string of the molecule is CNCCC(Oc1ccccc1CN1CCN(Cc2ccc(OC)cc2)CC1)c1cccs1. The molecule has 0 amide bonds. The minimum Gasteiger partial charge on any atom is -0.497 e. The molecule has 1 N–H and O–H groups in total. The summed E-state index contributed by atoms with van der Waals surface area (Å²) in [6.45, 7) is 7.14. The number of thiophene rings is 1. The van der Waals surface area contributed by atoms with Crippen molar-refractivity contribution in [1.82, 2.24) is 15.1 Å². The zero-order valence-electron chi connectivity index (χ0n) is 19.7. The van der Waals surface area contributed by atoms with E-state index in [0.29, 0.717) is 0 Å². The van der Waals surface area contributed by atoms with Crippen LogP contribution in [0, 0.1) is 0 Å². The van der Waals surface area contributed by atoms with E-state index in [1.807, 2.05) is 19.2 Å². The average molecular weight is 466 g/mol. The second-order valence-electron chi connectivity index (χ2n) is 8.52. The number of piperazine rings is 1. The van der Waals surface area contributed by atoms with Crippen molar-refractivity contribution in [2.24, 2.45) is 0 Å². The van der Waals surface area contributed by atoms with Crippen molar-refractivity contribution in [3.05, 3.63) is 82.0 Å². The highest BCUT2D eigenvalue weighted by Gasteiger charge is 2.20. The zero-order valence-corrected chi connectivity index (χ0v) is 20.5. The lowest BCUT2D eigenvalue weighted by Crippen LogP contribution is -2.45. The summed E-state index contributed by atoms with van der Waals surface area (Å²) in [7, 11) is 3.70. The average Bonchev–Trinajstić information content (AvgIpc) is 3.39. The summed E-state index contributed by atoms with van der Waals surface area (Å²) in [5.74, 6) is 1.92. The Morgan fingerprint density at radius 1 is 0.909 bits per heavy atom. The van der Waals surface area contributed by atoms with Gasteiger partial charge in [0.25, 0.3) is 0 Å². The Kier molecular flexibility index (Phi) is 8.78. The molecule has 3 aromatic rings. The van der Waals surface area contributed by atoms with Gasteiger partial charge >= 0.3 is 0 Å². The van der Waals surface area contributed by atoms with Crippen molar-refractivity contribution in [2.75, 3.05) is 46.9 Å². The van der Waals surface area contributed by atoms with Crippen LogP contribution in [0.5, 0.6) is 11.5 Å². The van der Waals surface area contributed by atoms with Crippen molar-refractivity contribution in [3.63, 3.8) is 0 Å². The number of nitrogens with one attached hydrogen (secondary N) is 1. The Balaban J connectivity index is 1.33. The van der Waals surface area contributed by atoms with Gasteiger partial charge in [-0.3, -0.25) is 9.80 Å². The lowest BCUT2D eigenvalue weighted by Gasteiger charge is -2.35. The monoisotopic (exact) mass is 465 g/mol. The first kappa shape index (κ1) is 23.8. The minimum absolute atomic E-state index is 0.0833. The summed E-state index contributed by atoms with van der Waals surface area (Å²) >= 11 is 1.77. The quantitative estimate of drug-likeness (QED) is 0.440. The predicted octanol–water partition coefficient (Wildman–Crippen LogP) is 4.80. The number of hydrogen-bond acceptors (Lipinski definition) is 6. The van der Waals surface area contributed by atoms with Gasteiger partial charge in [-0.25, -0.2) is 0 Å². The molecular weight excluding hydrogens is 430 g/mol. The van der Waals surface area contributed by atoms with Gasteiger partial charge in [-0.2, -0.15) is 0 Å². The van der Waals surface area contributed by atoms with Crippen LogP contribution in [0.2, 0.25) is 0 Å². The molecule has 1 aliphatic rings. The van der Waals surface area contributed by atoms with Gasteiger partial charge in [0, 0.05) is 56.1 Å². The van der Waals surface area contributed by atoms with E-state index in [1.54, 1.807) is 18.4 Å². The Morgan fingerprint density at radius 2 is 1.64 bits per heavy atom. The summed E-state index contributed by atoms with van der Waals surface area (Å²) in [6, 6.07) is 21.2. The van der Waals surface area contributed by atoms with Gasteiger partial charge < -0.3 is 14.8 Å². The van der Waals surface area contributed by atoms with Gasteiger partial charge in [0.05, 0.1) is 7.11 Å². The van der Waals surface area contributed by atoms with Gasteiger partial charge in [-0.15, -0.1) is 11.3 Å². The van der Waals surface area contributed by atoms with Gasteiger partial charge in [-0.05, 0) is 48.8 Å². The molecule has 0 saturated carbocycles. The maximum absolute atomic E-state index is 6.58. The van der Waals surface area contributed by atoms with Crippen molar-refractivity contribution < 1.29 is 9.47 Å². The molecule has 5 nitrogen and oxygen atoms in total. The zero-order chi connectivity index (χ0) is 22.9. The predicted molar refractivity (Wildman–Crippen MR) is 136 cm³/mol. The van der Waals surface area contributed by atoms with Crippen LogP contribution in [0.4, 0.5) is 0 Å². The third-order valence-corrected chi connectivity index (χ3v) is 7.15. The van der Waals surface area contributed by atoms with E-state index >= 15 is 0 Å². The van der Waals surface area contributed by atoms with E-state index in [-0.39, 0.29) is 6.10 Å². The smallest absolute Gasteiger partial charge is 0.134 e. The third-order valence-electron chi connectivity index (χ3n) is 6.18. The lowest BCUT2D eigenvalue weighted by molar-refractivity contribution is 0.119. The van der Waals surface area contributed by atoms with Crippen molar-refractivity contribution in [3.8, 4) is 11.5 Å². The highest BCUT2D eigenvalue weighted by atomic mass is 32.1. The van der Waals surface area contributed by atoms with E-state index in [9.17, 15) is 0 Å². The molecule has 6 heteroatoms. The summed E-state index contributed by atoms with van der Waals surface area (Å²) in [4.78, 5) is 6.36. The van der Waals surface area contributed by atoms with Crippen LogP contribution in [-0.2, 0) is 13.1 Å². The summed E-state index contributed by atoms with van der Waals surface area (Å²) in [6.07, 6.45) is 1.04. The summed E-state index contributed by atoms with van der Waals surface area (Å²) < 4.78 is 11.8. The third kappa shape index (κ3) is 6.81. The molecular formula is C27H35N3O2S. The second kappa shape index (κ2) is 12.2. The molecule has 1 fully saturated rings. The van der Waals surface area contributed by atoms with Crippen molar-refractivity contribution >= 4 is 11.3 Å². The molecule has 1 unspecified atom stereocenters. The normalized spacial score (nSPS) is 15.9. The standard InChI is InChI=1S/C27H35N3O2S/c1-28-14-13-26(27-8-5-19-33-27)32-25-7-4-3-6-23(25)21-30-17-15-29(16-18-30)20-22-9-11-24(31-2)12-10-22/h3-12,19,26,28H,13-18,20-21H2,1-2H3. The number of hydrogen-bond donors (Lipinski definition) is 1. The molecule has 176 valence electrons. The summed E-state index contributed by atoms with van der Waals surface area (Å²) in [5, 5.41) is 5.39. The number of para-hydroxylation sites is 1. The Labute approximate surface area is 201 Å². The largest absolute Gasteiger partial charge is 0.497 e. The highest BCUT2D eigenvalue weighted by Crippen LogP contribution is 2.30. The first-order chi connectivity index (χ1) is 16.2. The molecule has 0 bridgehead atoms.